The van der Waals surface area contributed by atoms with Crippen LogP contribution in [0.25, 0.3) is 20.9 Å². The smallest absolute Gasteiger partial charge is 0.259 e. The van der Waals surface area contributed by atoms with Crippen LogP contribution in [0.5, 0.6) is 0 Å². The van der Waals surface area contributed by atoms with Gasteiger partial charge in [0, 0.05) is 9.82 Å². The van der Waals surface area contributed by atoms with Gasteiger partial charge >= 0.3 is 0 Å². The van der Waals surface area contributed by atoms with E-state index >= 15 is 0 Å². The van der Waals surface area contributed by atoms with Gasteiger partial charge in [-0.25, -0.2) is 0 Å². The summed E-state index contributed by atoms with van der Waals surface area (Å²) >= 11 is 0.800. The van der Waals surface area contributed by atoms with E-state index in [0.29, 0.717) is 0 Å². The Morgan fingerprint density at radius 2 is 1.47 bits per heavy atom. The molecule has 0 saturated heterocycles. The first-order valence-corrected chi connectivity index (χ1v) is 4.29. The second kappa shape index (κ2) is 4.77. The zero-order valence-corrected chi connectivity index (χ0v) is 7.88. The lowest BCUT2D eigenvalue weighted by Gasteiger charge is -1.84. The van der Waals surface area contributed by atoms with Gasteiger partial charge in [0.25, 0.3) is 11.8 Å². The zero-order valence-electron chi connectivity index (χ0n) is 7.06. The largest absolute Gasteiger partial charge is 0.286 e. The number of amides is 2. The maximum absolute atomic E-state index is 11.0. The Labute approximate surface area is 86.4 Å². The Morgan fingerprint density at radius 1 is 1.07 bits per heavy atom. The molecule has 8 nitrogen and oxygen atoms in total. The highest BCUT2D eigenvalue weighted by molar-refractivity contribution is 7.16. The summed E-state index contributed by atoms with van der Waals surface area (Å²) in [7, 11) is 0. The Kier molecular flexibility index (Phi) is 3.42. The van der Waals surface area contributed by atoms with Crippen molar-refractivity contribution in [3.8, 4) is 0 Å². The van der Waals surface area contributed by atoms with Crippen molar-refractivity contribution in [3.05, 3.63) is 42.8 Å². The summed E-state index contributed by atoms with van der Waals surface area (Å²) in [5.41, 5.74) is 16.0. The van der Waals surface area contributed by atoms with Crippen molar-refractivity contribution in [3.63, 3.8) is 0 Å². The second-order valence-electron chi connectivity index (χ2n) is 2.15. The highest BCUT2D eigenvalue weighted by Crippen LogP contribution is 2.18. The summed E-state index contributed by atoms with van der Waals surface area (Å²) in [6, 6.07) is 2.64. The van der Waals surface area contributed by atoms with Crippen LogP contribution in [0, 0.1) is 0 Å². The lowest BCUT2D eigenvalue weighted by molar-refractivity contribution is 0.0997. The molecule has 0 N–H and O–H groups in total. The van der Waals surface area contributed by atoms with Crippen molar-refractivity contribution in [2.75, 3.05) is 0 Å². The Hall–Kier alpha value is -2.34. The number of azide groups is 2. The van der Waals surface area contributed by atoms with E-state index in [0.717, 1.165) is 11.3 Å². The molecule has 0 bridgehead atoms. The van der Waals surface area contributed by atoms with Gasteiger partial charge in [0.2, 0.25) is 0 Å². The van der Waals surface area contributed by atoms with E-state index in [-0.39, 0.29) is 9.75 Å². The van der Waals surface area contributed by atoms with E-state index in [1.165, 1.54) is 12.1 Å². The van der Waals surface area contributed by atoms with Gasteiger partial charge in [0.15, 0.2) is 0 Å². The molecule has 9 heteroatoms. The molecule has 1 heterocycles. The standard InChI is InChI=1S/C6H2N6O2S/c7-11-9-5(13)3-1-2-4(15-3)6(14)10-12-8/h1-2H. The topological polar surface area (TPSA) is 132 Å². The minimum absolute atomic E-state index is 0.115. The molecule has 0 aliphatic carbocycles. The van der Waals surface area contributed by atoms with Crippen LogP contribution in [0.2, 0.25) is 0 Å². The predicted molar refractivity (Wildman–Crippen MR) is 51.3 cm³/mol. The average molecular weight is 222 g/mol. The molecule has 0 aromatic carbocycles. The third kappa shape index (κ3) is 2.55. The predicted octanol–water partition coefficient (Wildman–Crippen LogP) is 2.65. The third-order valence-corrected chi connectivity index (χ3v) is 2.36. The van der Waals surface area contributed by atoms with E-state index in [1.54, 1.807) is 0 Å². The van der Waals surface area contributed by atoms with Gasteiger partial charge in [-0.05, 0) is 33.4 Å². The van der Waals surface area contributed by atoms with E-state index in [4.69, 9.17) is 11.1 Å². The number of nitrogens with zero attached hydrogens (tertiary/aromatic N) is 6. The molecule has 1 rings (SSSR count). The van der Waals surface area contributed by atoms with E-state index < -0.39 is 11.8 Å². The van der Waals surface area contributed by atoms with Gasteiger partial charge < -0.3 is 0 Å². The molecular formula is C6H2N6O2S. The minimum Gasteiger partial charge on any atom is -0.286 e. The van der Waals surface area contributed by atoms with Gasteiger partial charge in [0.05, 0.1) is 9.75 Å². The fourth-order valence-electron chi connectivity index (χ4n) is 0.748. The highest BCUT2D eigenvalue weighted by Gasteiger charge is 2.11. The van der Waals surface area contributed by atoms with Crippen LogP contribution < -0.4 is 0 Å². The molecule has 0 radical (unpaired) electrons. The van der Waals surface area contributed by atoms with E-state index in [9.17, 15) is 9.59 Å². The van der Waals surface area contributed by atoms with Crippen LogP contribution in [0.3, 0.4) is 0 Å². The normalized spacial score (nSPS) is 8.53. The summed E-state index contributed by atoms with van der Waals surface area (Å²) in [5, 5.41) is 5.70. The maximum Gasteiger partial charge on any atom is 0.259 e. The van der Waals surface area contributed by atoms with Crippen molar-refractivity contribution >= 4 is 23.2 Å². The molecule has 0 aliphatic heterocycles. The van der Waals surface area contributed by atoms with E-state index in [2.05, 4.69) is 20.1 Å². The van der Waals surface area contributed by atoms with Gasteiger partial charge in [-0.1, -0.05) is 0 Å². The molecule has 2 amide bonds. The number of hydrogen-bond donors (Lipinski definition) is 0. The van der Waals surface area contributed by atoms with Crippen LogP contribution in [-0.4, -0.2) is 11.8 Å². The van der Waals surface area contributed by atoms with Crippen molar-refractivity contribution < 1.29 is 9.59 Å². The lowest BCUT2D eigenvalue weighted by atomic mass is 10.4. The summed E-state index contributed by atoms with van der Waals surface area (Å²) < 4.78 is 0. The van der Waals surface area contributed by atoms with Crippen molar-refractivity contribution in [2.45, 2.75) is 0 Å². The molecular weight excluding hydrogens is 220 g/mol. The first-order valence-electron chi connectivity index (χ1n) is 3.47. The highest BCUT2D eigenvalue weighted by atomic mass is 32.1. The van der Waals surface area contributed by atoms with Crippen molar-refractivity contribution in [1.82, 2.24) is 0 Å². The molecule has 15 heavy (non-hydrogen) atoms. The van der Waals surface area contributed by atoms with Gasteiger partial charge in [0.1, 0.15) is 0 Å². The Balaban J connectivity index is 2.99. The maximum atomic E-state index is 11.0. The Bertz CT molecular complexity index is 463. The van der Waals surface area contributed by atoms with Crippen LogP contribution in [0.15, 0.2) is 22.4 Å². The third-order valence-electron chi connectivity index (χ3n) is 1.30. The molecule has 1 aromatic heterocycles. The molecule has 1 aromatic rings. The van der Waals surface area contributed by atoms with E-state index in [1.807, 2.05) is 0 Å². The van der Waals surface area contributed by atoms with Crippen LogP contribution in [0.4, 0.5) is 0 Å². The summed E-state index contributed by atoms with van der Waals surface area (Å²) in [4.78, 5) is 26.9. The molecule has 0 saturated carbocycles. The number of carbonyl (C=O) groups is 2. The number of rotatable bonds is 2. The average Bonchev–Trinajstić information content (AvgIpc) is 2.67. The summed E-state index contributed by atoms with van der Waals surface area (Å²) in [6.07, 6.45) is 0. The lowest BCUT2D eigenvalue weighted by Crippen LogP contribution is -1.88. The number of thiophene rings is 1. The quantitative estimate of drug-likeness (QED) is 0.432. The molecule has 0 fully saturated rings. The van der Waals surface area contributed by atoms with Crippen LogP contribution in [0.1, 0.15) is 19.3 Å². The molecule has 0 atom stereocenters. The first kappa shape index (κ1) is 10.7. The fourth-order valence-corrected chi connectivity index (χ4v) is 1.51. The fraction of sp³-hybridized carbons (Fsp3) is 0. The molecule has 74 valence electrons. The Morgan fingerprint density at radius 3 is 1.80 bits per heavy atom. The number of hydrogen-bond acceptors (Lipinski definition) is 3. The molecule has 0 aliphatic rings. The van der Waals surface area contributed by atoms with Gasteiger partial charge in [-0.15, -0.1) is 11.3 Å². The zero-order chi connectivity index (χ0) is 11.3. The number of carbonyl (C=O) groups excluding carboxylic acids is 2. The van der Waals surface area contributed by atoms with Crippen molar-refractivity contribution in [2.24, 2.45) is 10.2 Å². The van der Waals surface area contributed by atoms with Crippen LogP contribution in [-0.2, 0) is 0 Å². The summed E-state index contributed by atoms with van der Waals surface area (Å²) in [5.74, 6) is -1.55. The first-order chi connectivity index (χ1) is 7.19. The molecule has 0 unspecified atom stereocenters. The second-order valence-corrected chi connectivity index (χ2v) is 3.24. The van der Waals surface area contributed by atoms with Crippen molar-refractivity contribution in [1.29, 1.82) is 0 Å². The van der Waals surface area contributed by atoms with Gasteiger partial charge in [-0.3, -0.25) is 9.59 Å². The molecule has 0 spiro atoms. The minimum atomic E-state index is -0.775. The van der Waals surface area contributed by atoms with Gasteiger partial charge in [-0.2, -0.15) is 0 Å². The van der Waals surface area contributed by atoms with Crippen LogP contribution >= 0.6 is 11.3 Å². The monoisotopic (exact) mass is 222 g/mol. The SMILES string of the molecule is [N-]=[N+]=NC(=O)c1ccc(C(=O)N=[N+]=[N-])s1. The summed E-state index contributed by atoms with van der Waals surface area (Å²) in [6.45, 7) is 0.